The Balaban J connectivity index is 1.59. The summed E-state index contributed by atoms with van der Waals surface area (Å²) in [4.78, 5) is 19.1. The van der Waals surface area contributed by atoms with E-state index >= 15 is 0 Å². The van der Waals surface area contributed by atoms with Crippen molar-refractivity contribution in [1.29, 1.82) is 0 Å². The van der Waals surface area contributed by atoms with E-state index in [0.717, 1.165) is 45.3 Å². The van der Waals surface area contributed by atoms with Crippen LogP contribution in [0.25, 0.3) is 0 Å². The molecule has 0 radical (unpaired) electrons. The van der Waals surface area contributed by atoms with Crippen LogP contribution in [0.15, 0.2) is 4.52 Å². The van der Waals surface area contributed by atoms with Crippen molar-refractivity contribution in [3.63, 3.8) is 0 Å². The molecule has 23 heavy (non-hydrogen) atoms. The second-order valence-corrected chi connectivity index (χ2v) is 6.76. The average molecular weight is 321 g/mol. The Morgan fingerprint density at radius 1 is 1.39 bits per heavy atom. The third-order valence-electron chi connectivity index (χ3n) is 4.97. The number of carbonyl (C=O) groups is 1. The smallest absolute Gasteiger partial charge is 0.248 e. The third-order valence-corrected chi connectivity index (χ3v) is 4.97. The highest BCUT2D eigenvalue weighted by atomic mass is 16.5. The van der Waals surface area contributed by atoms with Crippen molar-refractivity contribution in [2.75, 3.05) is 26.7 Å². The monoisotopic (exact) mass is 321 g/mol. The van der Waals surface area contributed by atoms with Gasteiger partial charge in [0.15, 0.2) is 5.82 Å². The highest BCUT2D eigenvalue weighted by Gasteiger charge is 2.28. The molecule has 2 aliphatic rings. The van der Waals surface area contributed by atoms with E-state index in [1.165, 1.54) is 6.42 Å². The molecule has 7 nitrogen and oxygen atoms in total. The fourth-order valence-electron chi connectivity index (χ4n) is 3.41. The molecule has 0 spiro atoms. The Kier molecular flexibility index (Phi) is 5.27. The number of carbonyl (C=O) groups excluding carboxylic acids is 1. The highest BCUT2D eigenvalue weighted by Crippen LogP contribution is 2.25. The fourth-order valence-corrected chi connectivity index (χ4v) is 3.41. The number of hydrogen-bond donors (Lipinski definition) is 2. The van der Waals surface area contributed by atoms with Crippen molar-refractivity contribution < 1.29 is 9.32 Å². The first-order valence-electron chi connectivity index (χ1n) is 8.70. The third kappa shape index (κ3) is 3.90. The molecular formula is C16H27N5O2. The molecule has 0 aromatic carbocycles. The summed E-state index contributed by atoms with van der Waals surface area (Å²) in [6, 6.07) is -0.116. The van der Waals surface area contributed by atoms with Gasteiger partial charge >= 0.3 is 0 Å². The van der Waals surface area contributed by atoms with E-state index in [1.54, 1.807) is 0 Å². The van der Waals surface area contributed by atoms with Crippen LogP contribution in [0, 0.1) is 5.92 Å². The minimum Gasteiger partial charge on any atom is -0.344 e. The van der Waals surface area contributed by atoms with E-state index in [-0.39, 0.29) is 23.9 Å². The van der Waals surface area contributed by atoms with Gasteiger partial charge in [0, 0.05) is 25.6 Å². The molecule has 1 amide bonds. The fraction of sp³-hybridized carbons (Fsp3) is 0.812. The zero-order chi connectivity index (χ0) is 16.2. The van der Waals surface area contributed by atoms with Gasteiger partial charge in [-0.1, -0.05) is 24.4 Å². The zero-order valence-corrected chi connectivity index (χ0v) is 14.0. The Morgan fingerprint density at radius 3 is 2.91 bits per heavy atom. The number of amides is 1. The summed E-state index contributed by atoms with van der Waals surface area (Å²) in [7, 11) is 2.07. The topological polar surface area (TPSA) is 83.3 Å². The number of likely N-dealkylation sites (N-methyl/N-ethyl adjacent to an activating group) is 1. The van der Waals surface area contributed by atoms with Crippen molar-refractivity contribution in [3.05, 3.63) is 11.7 Å². The van der Waals surface area contributed by atoms with Crippen LogP contribution in [0.5, 0.6) is 0 Å². The maximum Gasteiger partial charge on any atom is 0.248 e. The largest absolute Gasteiger partial charge is 0.344 e. The van der Waals surface area contributed by atoms with Crippen molar-refractivity contribution in [3.8, 4) is 0 Å². The average Bonchev–Trinajstić information content (AvgIpc) is 3.06. The van der Waals surface area contributed by atoms with Crippen molar-refractivity contribution >= 4 is 5.91 Å². The maximum absolute atomic E-state index is 12.3. The Morgan fingerprint density at radius 2 is 2.17 bits per heavy atom. The highest BCUT2D eigenvalue weighted by molar-refractivity contribution is 5.79. The first-order valence-corrected chi connectivity index (χ1v) is 8.70. The zero-order valence-electron chi connectivity index (χ0n) is 14.0. The van der Waals surface area contributed by atoms with E-state index in [2.05, 4.69) is 32.7 Å². The molecule has 1 saturated heterocycles. The van der Waals surface area contributed by atoms with Gasteiger partial charge in [-0.2, -0.15) is 4.98 Å². The van der Waals surface area contributed by atoms with Crippen molar-refractivity contribution in [2.45, 2.75) is 51.1 Å². The SMILES string of the molecule is C[C@H](NC(=O)C1CCCCC1)c1nc(C2CNCCN2C)no1. The van der Waals surface area contributed by atoms with E-state index in [0.29, 0.717) is 11.7 Å². The molecule has 1 aliphatic heterocycles. The molecule has 1 unspecified atom stereocenters. The van der Waals surface area contributed by atoms with Gasteiger partial charge in [0.1, 0.15) is 6.04 Å². The number of aromatic nitrogens is 2. The molecule has 1 aliphatic carbocycles. The van der Waals surface area contributed by atoms with Crippen LogP contribution < -0.4 is 10.6 Å². The van der Waals surface area contributed by atoms with Crippen LogP contribution in [0.4, 0.5) is 0 Å². The van der Waals surface area contributed by atoms with Crippen LogP contribution in [0.1, 0.15) is 62.8 Å². The molecule has 128 valence electrons. The lowest BCUT2D eigenvalue weighted by molar-refractivity contribution is -0.126. The normalized spacial score (nSPS) is 25.2. The molecule has 2 N–H and O–H groups in total. The van der Waals surface area contributed by atoms with Gasteiger partial charge in [0.25, 0.3) is 0 Å². The lowest BCUT2D eigenvalue weighted by atomic mass is 9.88. The van der Waals surface area contributed by atoms with Crippen LogP contribution >= 0.6 is 0 Å². The van der Waals surface area contributed by atoms with Gasteiger partial charge in [0.2, 0.25) is 11.8 Å². The Hall–Kier alpha value is -1.47. The predicted molar refractivity (Wildman–Crippen MR) is 85.7 cm³/mol. The summed E-state index contributed by atoms with van der Waals surface area (Å²) >= 11 is 0. The van der Waals surface area contributed by atoms with Gasteiger partial charge in [-0.3, -0.25) is 9.69 Å². The van der Waals surface area contributed by atoms with Gasteiger partial charge in [-0.25, -0.2) is 0 Å². The quantitative estimate of drug-likeness (QED) is 0.872. The standard InChI is InChI=1S/C16H27N5O2/c1-11(18-15(22)12-6-4-3-5-7-12)16-19-14(20-23-16)13-10-17-8-9-21(13)2/h11-13,17H,3-10H2,1-2H3,(H,18,22)/t11-,13?/m0/s1. The number of nitrogens with zero attached hydrogens (tertiary/aromatic N) is 3. The number of rotatable bonds is 4. The van der Waals surface area contributed by atoms with E-state index in [9.17, 15) is 4.79 Å². The molecule has 1 aromatic rings. The summed E-state index contributed by atoms with van der Waals surface area (Å²) in [5.74, 6) is 1.44. The van der Waals surface area contributed by atoms with E-state index in [1.807, 2.05) is 6.92 Å². The first kappa shape index (κ1) is 16.4. The van der Waals surface area contributed by atoms with Crippen molar-refractivity contribution in [1.82, 2.24) is 25.7 Å². The van der Waals surface area contributed by atoms with Gasteiger partial charge in [0.05, 0.1) is 6.04 Å². The summed E-state index contributed by atoms with van der Waals surface area (Å²) in [6.45, 7) is 4.66. The maximum atomic E-state index is 12.3. The Bertz CT molecular complexity index is 526. The minimum atomic E-state index is -0.243. The number of nitrogens with one attached hydrogen (secondary N) is 2. The second kappa shape index (κ2) is 7.40. The summed E-state index contributed by atoms with van der Waals surface area (Å²) in [6.07, 6.45) is 5.53. The van der Waals surface area contributed by atoms with Gasteiger partial charge in [-0.05, 0) is 26.8 Å². The molecule has 2 atom stereocenters. The molecule has 2 heterocycles. The van der Waals surface area contributed by atoms with Gasteiger partial charge < -0.3 is 15.2 Å². The summed E-state index contributed by atoms with van der Waals surface area (Å²) in [5.41, 5.74) is 0. The van der Waals surface area contributed by atoms with Crippen LogP contribution in [-0.4, -0.2) is 47.6 Å². The van der Waals surface area contributed by atoms with Crippen LogP contribution in [0.2, 0.25) is 0 Å². The van der Waals surface area contributed by atoms with E-state index in [4.69, 9.17) is 4.52 Å². The second-order valence-electron chi connectivity index (χ2n) is 6.76. The first-order chi connectivity index (χ1) is 11.1. The molecule has 0 bridgehead atoms. The molecule has 7 heteroatoms. The van der Waals surface area contributed by atoms with E-state index < -0.39 is 0 Å². The molecule has 1 aromatic heterocycles. The van der Waals surface area contributed by atoms with Crippen LogP contribution in [0.3, 0.4) is 0 Å². The van der Waals surface area contributed by atoms with Crippen LogP contribution in [-0.2, 0) is 4.79 Å². The van der Waals surface area contributed by atoms with Gasteiger partial charge in [-0.15, -0.1) is 0 Å². The summed E-state index contributed by atoms with van der Waals surface area (Å²) < 4.78 is 5.39. The minimum absolute atomic E-state index is 0.119. The number of piperazine rings is 1. The summed E-state index contributed by atoms with van der Waals surface area (Å²) in [5, 5.41) is 10.5. The molecule has 1 saturated carbocycles. The Labute approximate surface area is 137 Å². The lowest BCUT2D eigenvalue weighted by Crippen LogP contribution is -2.44. The molecule has 2 fully saturated rings. The predicted octanol–water partition coefficient (Wildman–Crippen LogP) is 1.40. The number of hydrogen-bond acceptors (Lipinski definition) is 6. The lowest BCUT2D eigenvalue weighted by Gasteiger charge is -2.30. The van der Waals surface area contributed by atoms with Crippen molar-refractivity contribution in [2.24, 2.45) is 5.92 Å². The molecule has 3 rings (SSSR count). The molecular weight excluding hydrogens is 294 g/mol.